The van der Waals surface area contributed by atoms with Crippen LogP contribution in [0, 0.1) is 0 Å². The highest BCUT2D eigenvalue weighted by atomic mass is 32.2. The number of hydrogen-bond donors (Lipinski definition) is 0. The Morgan fingerprint density at radius 3 is 2.38 bits per heavy atom. The van der Waals surface area contributed by atoms with Crippen molar-refractivity contribution in [3.05, 3.63) is 54.1 Å². The van der Waals surface area contributed by atoms with E-state index in [4.69, 9.17) is 0 Å². The molecule has 26 heavy (non-hydrogen) atoms. The molecule has 2 aromatic carbocycles. The lowest BCUT2D eigenvalue weighted by atomic mass is 10.2. The molecular formula is C17H14F2N2O3S2. The molecule has 1 amide bonds. The predicted octanol–water partition coefficient (Wildman–Crippen LogP) is 3.96. The maximum absolute atomic E-state index is 12.7. The van der Waals surface area contributed by atoms with Crippen LogP contribution in [0.25, 0.3) is 10.2 Å². The number of carbonyl (C=O) groups is 1. The molecular weight excluding hydrogens is 382 g/mol. The lowest BCUT2D eigenvalue weighted by molar-refractivity contribution is 0.0988. The number of fused-ring (bicyclic) bond motifs is 1. The molecule has 1 heterocycles. The molecule has 9 heteroatoms. The van der Waals surface area contributed by atoms with Crippen LogP contribution in [0.5, 0.6) is 0 Å². The summed E-state index contributed by atoms with van der Waals surface area (Å²) in [5, 5.41) is 0.517. The monoisotopic (exact) mass is 396 g/mol. The van der Waals surface area contributed by atoms with Crippen molar-refractivity contribution in [1.29, 1.82) is 0 Å². The van der Waals surface area contributed by atoms with E-state index in [1.165, 1.54) is 28.4 Å². The van der Waals surface area contributed by atoms with Gasteiger partial charge in [0.05, 0.1) is 15.1 Å². The predicted molar refractivity (Wildman–Crippen MR) is 96.6 cm³/mol. The fourth-order valence-electron chi connectivity index (χ4n) is 2.39. The molecule has 0 spiro atoms. The van der Waals surface area contributed by atoms with Gasteiger partial charge in [-0.2, -0.15) is 8.78 Å². The van der Waals surface area contributed by atoms with Crippen LogP contribution in [0.15, 0.2) is 53.4 Å². The van der Waals surface area contributed by atoms with Crippen LogP contribution in [0.4, 0.5) is 13.9 Å². The third-order valence-corrected chi connectivity index (χ3v) is 6.20. The van der Waals surface area contributed by atoms with E-state index in [0.717, 1.165) is 22.3 Å². The van der Waals surface area contributed by atoms with Crippen LogP contribution >= 0.6 is 11.3 Å². The Kier molecular flexibility index (Phi) is 5.01. The molecule has 0 saturated heterocycles. The third-order valence-electron chi connectivity index (χ3n) is 3.74. The molecule has 1 aromatic heterocycles. The summed E-state index contributed by atoms with van der Waals surface area (Å²) >= 11 is 1.36. The third kappa shape index (κ3) is 3.32. The normalized spacial score (nSPS) is 11.8. The number of hydrogen-bond acceptors (Lipinski definition) is 5. The number of benzene rings is 2. The van der Waals surface area contributed by atoms with Crippen LogP contribution < -0.4 is 4.90 Å². The molecule has 0 radical (unpaired) electrons. The van der Waals surface area contributed by atoms with Crippen molar-refractivity contribution in [3.63, 3.8) is 0 Å². The van der Waals surface area contributed by atoms with Gasteiger partial charge in [-0.05, 0) is 43.3 Å². The molecule has 0 atom stereocenters. The van der Waals surface area contributed by atoms with E-state index in [0.29, 0.717) is 11.7 Å². The van der Waals surface area contributed by atoms with Gasteiger partial charge in [-0.3, -0.25) is 9.69 Å². The number of aromatic nitrogens is 1. The van der Waals surface area contributed by atoms with Crippen molar-refractivity contribution >= 4 is 42.4 Å². The van der Waals surface area contributed by atoms with Gasteiger partial charge >= 0.3 is 5.76 Å². The van der Waals surface area contributed by atoms with Gasteiger partial charge in [-0.1, -0.05) is 23.5 Å². The fourth-order valence-corrected chi connectivity index (χ4v) is 4.14. The van der Waals surface area contributed by atoms with Gasteiger partial charge in [-0.15, -0.1) is 0 Å². The zero-order valence-corrected chi connectivity index (χ0v) is 15.2. The molecule has 5 nitrogen and oxygen atoms in total. The van der Waals surface area contributed by atoms with E-state index in [1.54, 1.807) is 6.92 Å². The number of rotatable bonds is 5. The quantitative estimate of drug-likeness (QED) is 0.655. The van der Waals surface area contributed by atoms with E-state index < -0.39 is 20.5 Å². The average Bonchev–Trinajstić information content (AvgIpc) is 3.05. The summed E-state index contributed by atoms with van der Waals surface area (Å²) in [5.74, 6) is -3.88. The van der Waals surface area contributed by atoms with Crippen molar-refractivity contribution in [1.82, 2.24) is 4.98 Å². The summed E-state index contributed by atoms with van der Waals surface area (Å²) in [6, 6.07) is 12.0. The molecule has 0 unspecified atom stereocenters. The van der Waals surface area contributed by atoms with Gasteiger partial charge in [0, 0.05) is 12.1 Å². The number of alkyl halides is 2. The summed E-state index contributed by atoms with van der Waals surface area (Å²) in [6.45, 7) is 2.15. The zero-order valence-electron chi connectivity index (χ0n) is 13.6. The van der Waals surface area contributed by atoms with Gasteiger partial charge < -0.3 is 0 Å². The van der Waals surface area contributed by atoms with Crippen LogP contribution in [-0.4, -0.2) is 31.6 Å². The van der Waals surface area contributed by atoms with Gasteiger partial charge in [0.2, 0.25) is 9.84 Å². The van der Waals surface area contributed by atoms with Crippen LogP contribution in [0.2, 0.25) is 0 Å². The summed E-state index contributed by atoms with van der Waals surface area (Å²) in [4.78, 5) is 18.1. The molecule has 136 valence electrons. The Labute approximate surface area is 152 Å². The molecule has 0 bridgehead atoms. The van der Waals surface area contributed by atoms with Gasteiger partial charge in [0.15, 0.2) is 5.13 Å². The van der Waals surface area contributed by atoms with E-state index in [2.05, 4.69) is 4.98 Å². The second-order valence-corrected chi connectivity index (χ2v) is 8.27. The second kappa shape index (κ2) is 7.08. The van der Waals surface area contributed by atoms with Crippen molar-refractivity contribution < 1.29 is 22.0 Å². The first-order valence-electron chi connectivity index (χ1n) is 7.64. The van der Waals surface area contributed by atoms with Crippen LogP contribution in [0.3, 0.4) is 0 Å². The maximum atomic E-state index is 12.7. The first-order valence-corrected chi connectivity index (χ1v) is 10.0. The fraction of sp³-hybridized carbons (Fsp3) is 0.176. The minimum absolute atomic E-state index is 0.194. The lowest BCUT2D eigenvalue weighted by Crippen LogP contribution is -2.30. The largest absolute Gasteiger partial charge is 0.341 e. The number of sulfone groups is 1. The Morgan fingerprint density at radius 1 is 1.15 bits per heavy atom. The molecule has 0 aliphatic rings. The Hall–Kier alpha value is -2.39. The minimum atomic E-state index is -4.68. The lowest BCUT2D eigenvalue weighted by Gasteiger charge is -2.17. The summed E-state index contributed by atoms with van der Waals surface area (Å²) in [6.07, 6.45) is 0. The highest BCUT2D eigenvalue weighted by molar-refractivity contribution is 7.91. The standard InChI is InChI=1S/C17H14F2N2O3S2/c1-2-21(17-20-13-5-3-4-6-14(13)25-17)15(22)11-7-9-12(10-8-11)26(23,24)16(18)19/h3-10,16H,2H2,1H3. The zero-order chi connectivity index (χ0) is 18.9. The number of para-hydroxylation sites is 1. The van der Waals surface area contributed by atoms with Crippen molar-refractivity contribution in [2.75, 3.05) is 11.4 Å². The minimum Gasteiger partial charge on any atom is -0.284 e. The maximum Gasteiger partial charge on any atom is 0.341 e. The van der Waals surface area contributed by atoms with Gasteiger partial charge in [0.25, 0.3) is 5.91 Å². The number of amides is 1. The van der Waals surface area contributed by atoms with Crippen molar-refractivity contribution in [2.45, 2.75) is 17.6 Å². The summed E-state index contributed by atoms with van der Waals surface area (Å²) < 4.78 is 49.1. The van der Waals surface area contributed by atoms with E-state index in [9.17, 15) is 22.0 Å². The molecule has 0 fully saturated rings. The Morgan fingerprint density at radius 2 is 1.81 bits per heavy atom. The summed E-state index contributed by atoms with van der Waals surface area (Å²) in [7, 11) is -4.68. The number of halogens is 2. The topological polar surface area (TPSA) is 67.3 Å². The number of thiazole rings is 1. The van der Waals surface area contributed by atoms with Crippen molar-refractivity contribution in [2.24, 2.45) is 0 Å². The first-order chi connectivity index (χ1) is 12.3. The Bertz CT molecular complexity index is 1010. The van der Waals surface area contributed by atoms with E-state index in [1.807, 2.05) is 24.3 Å². The highest BCUT2D eigenvalue weighted by Gasteiger charge is 2.27. The molecule has 0 N–H and O–H groups in total. The average molecular weight is 396 g/mol. The molecule has 3 rings (SSSR count). The molecule has 3 aromatic rings. The summed E-state index contributed by atoms with van der Waals surface area (Å²) in [5.41, 5.74) is 0.969. The van der Waals surface area contributed by atoms with Gasteiger partial charge in [0.1, 0.15) is 0 Å². The van der Waals surface area contributed by atoms with Crippen LogP contribution in [0.1, 0.15) is 17.3 Å². The number of carbonyl (C=O) groups excluding carboxylic acids is 1. The van der Waals surface area contributed by atoms with E-state index >= 15 is 0 Å². The SMILES string of the molecule is CCN(C(=O)c1ccc(S(=O)(=O)C(F)F)cc1)c1nc2ccccc2s1. The Balaban J connectivity index is 1.91. The number of nitrogens with zero attached hydrogens (tertiary/aromatic N) is 2. The van der Waals surface area contributed by atoms with Gasteiger partial charge in [-0.25, -0.2) is 13.4 Å². The molecule has 0 saturated carbocycles. The highest BCUT2D eigenvalue weighted by Crippen LogP contribution is 2.29. The number of anilines is 1. The molecule has 0 aliphatic carbocycles. The van der Waals surface area contributed by atoms with Crippen LogP contribution in [-0.2, 0) is 9.84 Å². The molecule has 0 aliphatic heterocycles. The van der Waals surface area contributed by atoms with Crippen molar-refractivity contribution in [3.8, 4) is 0 Å². The second-order valence-electron chi connectivity index (χ2n) is 5.34. The smallest absolute Gasteiger partial charge is 0.284 e. The first kappa shape index (κ1) is 18.4. The van der Waals surface area contributed by atoms with E-state index in [-0.39, 0.29) is 11.5 Å².